The Morgan fingerprint density at radius 1 is 1.05 bits per heavy atom. The number of rotatable bonds is 2. The van der Waals surface area contributed by atoms with Gasteiger partial charge in [0.1, 0.15) is 11.5 Å². The molecule has 21 heavy (non-hydrogen) atoms. The maximum absolute atomic E-state index is 11.8. The van der Waals surface area contributed by atoms with Crippen LogP contribution in [0.2, 0.25) is 0 Å². The van der Waals surface area contributed by atoms with Gasteiger partial charge < -0.3 is 9.84 Å². The first-order chi connectivity index (χ1) is 10.2. The lowest BCUT2D eigenvalue weighted by Crippen LogP contribution is -2.12. The Labute approximate surface area is 122 Å². The van der Waals surface area contributed by atoms with Crippen molar-refractivity contribution >= 4 is 17.2 Å². The number of phenolic OH excluding ortho intramolecular Hbond substituents is 1. The van der Waals surface area contributed by atoms with Gasteiger partial charge in [-0.25, -0.2) is 4.99 Å². The number of aliphatic imine (C=N–C) groups is 1. The molecule has 4 heteroatoms. The number of carbonyl (C=O) groups is 1. The Bertz CT molecular complexity index is 758. The lowest BCUT2D eigenvalue weighted by atomic mass is 9.93. The van der Waals surface area contributed by atoms with Crippen LogP contribution in [0.3, 0.4) is 0 Å². The van der Waals surface area contributed by atoms with Crippen molar-refractivity contribution in [2.24, 2.45) is 4.99 Å². The van der Waals surface area contributed by atoms with E-state index >= 15 is 0 Å². The molecule has 104 valence electrons. The van der Waals surface area contributed by atoms with E-state index in [1.54, 1.807) is 31.4 Å². The molecule has 3 rings (SSSR count). The fourth-order valence-corrected chi connectivity index (χ4v) is 2.23. The first kappa shape index (κ1) is 13.1. The second-order valence-electron chi connectivity index (χ2n) is 4.59. The molecule has 0 saturated heterocycles. The van der Waals surface area contributed by atoms with Gasteiger partial charge in [-0.2, -0.15) is 0 Å². The van der Waals surface area contributed by atoms with Gasteiger partial charge in [-0.15, -0.1) is 0 Å². The van der Waals surface area contributed by atoms with E-state index in [1.807, 2.05) is 24.3 Å². The summed E-state index contributed by atoms with van der Waals surface area (Å²) in [6.45, 7) is 0. The number of allylic oxidation sites excluding steroid dienone is 2. The summed E-state index contributed by atoms with van der Waals surface area (Å²) in [6.07, 6.45) is 3.08. The number of hydrogen-bond acceptors (Lipinski definition) is 4. The zero-order chi connectivity index (χ0) is 14.8. The molecule has 0 saturated carbocycles. The zero-order valence-electron chi connectivity index (χ0n) is 11.4. The molecule has 0 radical (unpaired) electrons. The number of carbonyl (C=O) groups excluding carboxylic acids is 1. The molecule has 1 N–H and O–H groups in total. The largest absolute Gasteiger partial charge is 0.507 e. The highest BCUT2D eigenvalue weighted by molar-refractivity contribution is 6.25. The van der Waals surface area contributed by atoms with Crippen LogP contribution in [-0.4, -0.2) is 23.7 Å². The molecular formula is C17H13NO3. The third-order valence-corrected chi connectivity index (χ3v) is 3.28. The van der Waals surface area contributed by atoms with Crippen LogP contribution in [0, 0.1) is 0 Å². The fraction of sp³-hybridized carbons (Fsp3) is 0.0588. The standard InChI is InChI=1S/C17H13NO3/c1-21-12-7-5-11(6-8-12)18-14-9-10-15(19)13-3-2-4-16(20)17(13)14/h2-10,20H,1H3. The highest BCUT2D eigenvalue weighted by Crippen LogP contribution is 2.28. The van der Waals surface area contributed by atoms with E-state index in [-0.39, 0.29) is 11.5 Å². The Morgan fingerprint density at radius 3 is 2.52 bits per heavy atom. The first-order valence-electron chi connectivity index (χ1n) is 6.46. The first-order valence-corrected chi connectivity index (χ1v) is 6.46. The molecule has 0 bridgehead atoms. The number of methoxy groups -OCH3 is 1. The molecule has 4 nitrogen and oxygen atoms in total. The average Bonchev–Trinajstić information content (AvgIpc) is 2.51. The number of nitrogens with zero attached hydrogens (tertiary/aromatic N) is 1. The molecule has 0 heterocycles. The van der Waals surface area contributed by atoms with Crippen LogP contribution in [0.1, 0.15) is 15.9 Å². The second-order valence-corrected chi connectivity index (χ2v) is 4.59. The van der Waals surface area contributed by atoms with Crippen LogP contribution >= 0.6 is 0 Å². The molecule has 0 atom stereocenters. The van der Waals surface area contributed by atoms with Crippen LogP contribution in [-0.2, 0) is 0 Å². The summed E-state index contributed by atoms with van der Waals surface area (Å²) < 4.78 is 5.10. The number of benzene rings is 2. The third kappa shape index (κ3) is 2.43. The average molecular weight is 279 g/mol. The summed E-state index contributed by atoms with van der Waals surface area (Å²) in [7, 11) is 1.60. The van der Waals surface area contributed by atoms with E-state index in [9.17, 15) is 9.90 Å². The Morgan fingerprint density at radius 2 is 1.81 bits per heavy atom. The Hall–Kier alpha value is -2.88. The SMILES string of the molecule is COc1ccc(N=C2C=CC(=O)c3cccc(O)c32)cc1. The van der Waals surface area contributed by atoms with Gasteiger partial charge in [-0.1, -0.05) is 12.1 Å². The van der Waals surface area contributed by atoms with Gasteiger partial charge in [0.2, 0.25) is 0 Å². The molecule has 0 aromatic heterocycles. The molecule has 2 aromatic carbocycles. The van der Waals surface area contributed by atoms with Crippen LogP contribution in [0.15, 0.2) is 59.6 Å². The summed E-state index contributed by atoms with van der Waals surface area (Å²) in [5, 5.41) is 10.0. The van der Waals surface area contributed by atoms with Gasteiger partial charge >= 0.3 is 0 Å². The van der Waals surface area contributed by atoms with Crippen LogP contribution in [0.4, 0.5) is 5.69 Å². The lowest BCUT2D eigenvalue weighted by molar-refractivity contribution is 0.104. The minimum absolute atomic E-state index is 0.0532. The van der Waals surface area contributed by atoms with Gasteiger partial charge in [-0.3, -0.25) is 4.79 Å². The Kier molecular flexibility index (Phi) is 3.28. The van der Waals surface area contributed by atoms with Crippen LogP contribution in [0.25, 0.3) is 0 Å². The van der Waals surface area contributed by atoms with Gasteiger partial charge in [-0.05, 0) is 42.5 Å². The summed E-state index contributed by atoms with van der Waals surface area (Å²) >= 11 is 0. The lowest BCUT2D eigenvalue weighted by Gasteiger charge is -2.13. The minimum atomic E-state index is -0.130. The van der Waals surface area contributed by atoms with Crippen LogP contribution in [0.5, 0.6) is 11.5 Å². The van der Waals surface area contributed by atoms with Crippen molar-refractivity contribution in [3.05, 3.63) is 65.7 Å². The van der Waals surface area contributed by atoms with Crippen molar-refractivity contribution in [3.8, 4) is 11.5 Å². The van der Waals surface area contributed by atoms with Crippen molar-refractivity contribution in [3.63, 3.8) is 0 Å². The Balaban J connectivity index is 2.08. The maximum atomic E-state index is 11.8. The molecule has 0 spiro atoms. The number of fused-ring (bicyclic) bond motifs is 1. The summed E-state index contributed by atoms with van der Waals surface area (Å²) in [5.41, 5.74) is 2.22. The number of hydrogen-bond donors (Lipinski definition) is 1. The van der Waals surface area contributed by atoms with E-state index in [0.29, 0.717) is 16.8 Å². The highest BCUT2D eigenvalue weighted by atomic mass is 16.5. The second kappa shape index (κ2) is 5.25. The topological polar surface area (TPSA) is 58.9 Å². The van der Waals surface area contributed by atoms with Crippen molar-refractivity contribution in [1.82, 2.24) is 0 Å². The van der Waals surface area contributed by atoms with Crippen molar-refractivity contribution in [1.29, 1.82) is 0 Å². The molecular weight excluding hydrogens is 266 g/mol. The summed E-state index contributed by atoms with van der Waals surface area (Å²) in [4.78, 5) is 16.3. The van der Waals surface area contributed by atoms with E-state index in [4.69, 9.17) is 4.74 Å². The minimum Gasteiger partial charge on any atom is -0.507 e. The number of aromatic hydroxyl groups is 1. The number of ether oxygens (including phenoxy) is 1. The van der Waals surface area contributed by atoms with Gasteiger partial charge in [0.05, 0.1) is 24.1 Å². The van der Waals surface area contributed by atoms with E-state index in [1.165, 1.54) is 6.08 Å². The summed E-state index contributed by atoms with van der Waals surface area (Å²) in [5.74, 6) is 0.670. The van der Waals surface area contributed by atoms with Crippen LogP contribution < -0.4 is 4.74 Å². The normalized spacial score (nSPS) is 15.1. The maximum Gasteiger partial charge on any atom is 0.186 e. The smallest absolute Gasteiger partial charge is 0.186 e. The predicted octanol–water partition coefficient (Wildman–Crippen LogP) is 3.27. The zero-order valence-corrected chi connectivity index (χ0v) is 11.4. The molecule has 0 aliphatic heterocycles. The van der Waals surface area contributed by atoms with Crippen molar-refractivity contribution in [2.75, 3.05) is 7.11 Å². The van der Waals surface area contributed by atoms with Crippen molar-refractivity contribution in [2.45, 2.75) is 0 Å². The molecule has 1 aliphatic rings. The molecule has 2 aromatic rings. The van der Waals surface area contributed by atoms with Gasteiger partial charge in [0.15, 0.2) is 5.78 Å². The monoisotopic (exact) mass is 279 g/mol. The molecule has 0 fully saturated rings. The number of phenols is 1. The van der Waals surface area contributed by atoms with E-state index < -0.39 is 0 Å². The quantitative estimate of drug-likeness (QED) is 0.917. The van der Waals surface area contributed by atoms with Crippen molar-refractivity contribution < 1.29 is 14.6 Å². The molecule has 0 unspecified atom stereocenters. The van der Waals surface area contributed by atoms with Gasteiger partial charge in [0.25, 0.3) is 0 Å². The van der Waals surface area contributed by atoms with E-state index in [0.717, 1.165) is 11.4 Å². The molecule has 1 aliphatic carbocycles. The molecule has 0 amide bonds. The summed E-state index contributed by atoms with van der Waals surface area (Å²) in [6, 6.07) is 12.1. The van der Waals surface area contributed by atoms with Gasteiger partial charge in [0, 0.05) is 5.56 Å². The number of ketones is 1. The fourth-order valence-electron chi connectivity index (χ4n) is 2.23. The van der Waals surface area contributed by atoms with E-state index in [2.05, 4.69) is 4.99 Å². The third-order valence-electron chi connectivity index (χ3n) is 3.28. The highest BCUT2D eigenvalue weighted by Gasteiger charge is 2.20. The predicted molar refractivity (Wildman–Crippen MR) is 80.8 cm³/mol.